The zero-order chi connectivity index (χ0) is 9.97. The van der Waals surface area contributed by atoms with Crippen LogP contribution in [0.2, 0.25) is 0 Å². The van der Waals surface area contributed by atoms with Gasteiger partial charge in [-0.15, -0.1) is 0 Å². The number of hydrogen-bond acceptors (Lipinski definition) is 1. The van der Waals surface area contributed by atoms with E-state index in [9.17, 15) is 0 Å². The zero-order valence-corrected chi connectivity index (χ0v) is 8.33. The Hall–Kier alpha value is -1.28. The molecule has 0 fully saturated rings. The molecule has 0 saturated heterocycles. The van der Waals surface area contributed by atoms with E-state index in [4.69, 9.17) is 5.11 Å². The summed E-state index contributed by atoms with van der Waals surface area (Å²) in [6.07, 6.45) is 2.79. The number of aromatic nitrogens is 1. The smallest absolute Gasteiger partial charge is 0.0489 e. The number of hydrogen-bond donors (Lipinski definition) is 1. The van der Waals surface area contributed by atoms with Crippen LogP contribution in [0.5, 0.6) is 0 Å². The lowest BCUT2D eigenvalue weighted by atomic mass is 10.1. The van der Waals surface area contributed by atoms with Gasteiger partial charge < -0.3 is 9.67 Å². The summed E-state index contributed by atoms with van der Waals surface area (Å²) in [6.45, 7) is 3.29. The molecule has 0 aliphatic carbocycles. The van der Waals surface area contributed by atoms with Crippen LogP contribution in [0, 0.1) is 6.07 Å². The van der Waals surface area contributed by atoms with Crippen molar-refractivity contribution in [2.45, 2.75) is 19.9 Å². The van der Waals surface area contributed by atoms with Crippen molar-refractivity contribution < 1.29 is 5.11 Å². The molecule has 1 aromatic carbocycles. The van der Waals surface area contributed by atoms with Gasteiger partial charge in [0.25, 0.3) is 0 Å². The highest BCUT2D eigenvalue weighted by atomic mass is 16.2. The minimum Gasteiger partial charge on any atom is -0.396 e. The van der Waals surface area contributed by atoms with Crippen molar-refractivity contribution in [1.82, 2.24) is 4.57 Å². The third kappa shape index (κ3) is 1.42. The van der Waals surface area contributed by atoms with Crippen LogP contribution in [-0.2, 0) is 13.0 Å². The summed E-state index contributed by atoms with van der Waals surface area (Å²) in [5.41, 5.74) is 2.38. The predicted octanol–water partition coefficient (Wildman–Crippen LogP) is 2.00. The maximum absolute atomic E-state index is 8.92. The van der Waals surface area contributed by atoms with Gasteiger partial charge in [0.05, 0.1) is 0 Å². The van der Waals surface area contributed by atoms with Gasteiger partial charge >= 0.3 is 0 Å². The van der Waals surface area contributed by atoms with Crippen molar-refractivity contribution in [1.29, 1.82) is 0 Å². The number of nitrogens with zero attached hydrogens (tertiary/aromatic N) is 1. The molecule has 0 atom stereocenters. The van der Waals surface area contributed by atoms with E-state index >= 15 is 0 Å². The summed E-state index contributed by atoms with van der Waals surface area (Å²) in [4.78, 5) is 0. The van der Waals surface area contributed by atoms with Crippen molar-refractivity contribution in [3.8, 4) is 0 Å². The second kappa shape index (κ2) is 3.84. The number of aryl methyl sites for hydroxylation is 1. The van der Waals surface area contributed by atoms with Crippen LogP contribution in [0.1, 0.15) is 12.5 Å². The molecule has 0 bridgehead atoms. The number of benzene rings is 1. The maximum Gasteiger partial charge on any atom is 0.0489 e. The molecule has 2 aromatic rings. The summed E-state index contributed by atoms with van der Waals surface area (Å²) in [5, 5.41) is 10.2. The molecule has 0 amide bonds. The predicted molar refractivity (Wildman–Crippen MR) is 57.2 cm³/mol. The van der Waals surface area contributed by atoms with Crippen LogP contribution in [-0.4, -0.2) is 16.3 Å². The molecule has 0 unspecified atom stereocenters. The Morgan fingerprint density at radius 3 is 3.00 bits per heavy atom. The van der Waals surface area contributed by atoms with E-state index in [-0.39, 0.29) is 6.61 Å². The Bertz CT molecular complexity index is 431. The highest BCUT2D eigenvalue weighted by molar-refractivity contribution is 5.83. The van der Waals surface area contributed by atoms with E-state index in [0.29, 0.717) is 6.42 Å². The first-order valence-corrected chi connectivity index (χ1v) is 4.95. The lowest BCUT2D eigenvalue weighted by molar-refractivity contribution is 0.300. The Balaban J connectivity index is 2.58. The average molecular weight is 188 g/mol. The van der Waals surface area contributed by atoms with Crippen LogP contribution in [0.4, 0.5) is 0 Å². The minimum absolute atomic E-state index is 0.199. The third-order valence-electron chi connectivity index (χ3n) is 2.55. The van der Waals surface area contributed by atoms with Crippen LogP contribution < -0.4 is 0 Å². The molecule has 0 saturated carbocycles. The molecule has 0 aliphatic rings. The van der Waals surface area contributed by atoms with Crippen molar-refractivity contribution in [2.24, 2.45) is 0 Å². The SMILES string of the molecule is CCn1ccc2c(CCO)c[c]cc21. The molecule has 1 heterocycles. The second-order valence-corrected chi connectivity index (χ2v) is 3.35. The quantitative estimate of drug-likeness (QED) is 0.783. The molecular weight excluding hydrogens is 174 g/mol. The lowest BCUT2D eigenvalue weighted by Gasteiger charge is -2.03. The van der Waals surface area contributed by atoms with E-state index in [1.165, 1.54) is 16.5 Å². The first-order chi connectivity index (χ1) is 6.86. The molecule has 14 heavy (non-hydrogen) atoms. The molecule has 0 spiro atoms. The lowest BCUT2D eigenvalue weighted by Crippen LogP contribution is -1.93. The van der Waals surface area contributed by atoms with E-state index in [2.05, 4.69) is 29.8 Å². The van der Waals surface area contributed by atoms with E-state index in [1.807, 2.05) is 12.1 Å². The third-order valence-corrected chi connectivity index (χ3v) is 2.55. The van der Waals surface area contributed by atoms with Gasteiger partial charge in [0, 0.05) is 30.3 Å². The van der Waals surface area contributed by atoms with Gasteiger partial charge in [0.15, 0.2) is 0 Å². The van der Waals surface area contributed by atoms with Gasteiger partial charge in [-0.05, 0) is 37.1 Å². The van der Waals surface area contributed by atoms with Gasteiger partial charge in [-0.25, -0.2) is 0 Å². The summed E-state index contributed by atoms with van der Waals surface area (Å²) >= 11 is 0. The van der Waals surface area contributed by atoms with Gasteiger partial charge in [-0.3, -0.25) is 0 Å². The first-order valence-electron chi connectivity index (χ1n) is 4.95. The second-order valence-electron chi connectivity index (χ2n) is 3.35. The fourth-order valence-corrected chi connectivity index (χ4v) is 1.82. The fourth-order valence-electron chi connectivity index (χ4n) is 1.82. The zero-order valence-electron chi connectivity index (χ0n) is 8.33. The number of aliphatic hydroxyl groups is 1. The molecule has 1 aromatic heterocycles. The van der Waals surface area contributed by atoms with Crippen LogP contribution >= 0.6 is 0 Å². The Labute approximate surface area is 83.8 Å². The Morgan fingerprint density at radius 2 is 2.29 bits per heavy atom. The molecule has 0 aliphatic heterocycles. The summed E-state index contributed by atoms with van der Waals surface area (Å²) < 4.78 is 2.19. The molecule has 73 valence electrons. The van der Waals surface area contributed by atoms with Crippen LogP contribution in [0.15, 0.2) is 24.4 Å². The summed E-state index contributed by atoms with van der Waals surface area (Å²) in [5.74, 6) is 0. The van der Waals surface area contributed by atoms with Crippen molar-refractivity contribution in [2.75, 3.05) is 6.61 Å². The highest BCUT2D eigenvalue weighted by Gasteiger charge is 2.03. The maximum atomic E-state index is 8.92. The van der Waals surface area contributed by atoms with E-state index in [1.54, 1.807) is 0 Å². The average Bonchev–Trinajstić information content (AvgIpc) is 2.62. The van der Waals surface area contributed by atoms with E-state index in [0.717, 1.165) is 6.54 Å². The van der Waals surface area contributed by atoms with Crippen molar-refractivity contribution in [3.05, 3.63) is 36.0 Å². The largest absolute Gasteiger partial charge is 0.396 e. The van der Waals surface area contributed by atoms with Gasteiger partial charge in [0.2, 0.25) is 0 Å². The first kappa shape index (κ1) is 9.28. The Kier molecular flexibility index (Phi) is 2.55. The van der Waals surface area contributed by atoms with Gasteiger partial charge in [-0.1, -0.05) is 6.07 Å². The molecular formula is C12H14NO. The molecule has 1 N–H and O–H groups in total. The highest BCUT2D eigenvalue weighted by Crippen LogP contribution is 2.20. The number of fused-ring (bicyclic) bond motifs is 1. The molecule has 2 rings (SSSR count). The van der Waals surface area contributed by atoms with E-state index < -0.39 is 0 Å². The Morgan fingerprint density at radius 1 is 1.43 bits per heavy atom. The summed E-state index contributed by atoms with van der Waals surface area (Å²) in [6, 6.07) is 9.18. The molecule has 1 radical (unpaired) electrons. The van der Waals surface area contributed by atoms with Crippen LogP contribution in [0.25, 0.3) is 10.9 Å². The number of aliphatic hydroxyl groups excluding tert-OH is 1. The van der Waals surface area contributed by atoms with Gasteiger partial charge in [0.1, 0.15) is 0 Å². The minimum atomic E-state index is 0.199. The summed E-state index contributed by atoms with van der Waals surface area (Å²) in [7, 11) is 0. The topological polar surface area (TPSA) is 25.2 Å². The van der Waals surface area contributed by atoms with Crippen LogP contribution in [0.3, 0.4) is 0 Å². The van der Waals surface area contributed by atoms with Crippen molar-refractivity contribution in [3.63, 3.8) is 0 Å². The fraction of sp³-hybridized carbons (Fsp3) is 0.333. The number of rotatable bonds is 3. The monoisotopic (exact) mass is 188 g/mol. The molecule has 2 heteroatoms. The van der Waals surface area contributed by atoms with Crippen molar-refractivity contribution >= 4 is 10.9 Å². The normalized spacial score (nSPS) is 11.0. The molecule has 2 nitrogen and oxygen atoms in total. The van der Waals surface area contributed by atoms with Gasteiger partial charge in [-0.2, -0.15) is 0 Å². The standard InChI is InChI=1S/C12H14NO/c1-2-13-8-6-11-10(7-9-14)4-3-5-12(11)13/h4-6,8,14H,2,7,9H2,1H3.